The number of aryl methyl sites for hydroxylation is 2. The minimum Gasteiger partial charge on any atom is -0.319 e. The summed E-state index contributed by atoms with van der Waals surface area (Å²) < 4.78 is 4.78. The third-order valence-corrected chi connectivity index (χ3v) is 7.64. The first-order valence-electron chi connectivity index (χ1n) is 10.7. The van der Waals surface area contributed by atoms with Gasteiger partial charge in [0.05, 0.1) is 56.1 Å². The zero-order valence-corrected chi connectivity index (χ0v) is 22.4. The second-order valence-electron chi connectivity index (χ2n) is 8.25. The lowest BCUT2D eigenvalue weighted by Gasteiger charge is -2.10. The van der Waals surface area contributed by atoms with E-state index in [9.17, 15) is 4.79 Å². The van der Waals surface area contributed by atoms with E-state index in [1.165, 1.54) is 0 Å². The molecule has 0 unspecified atom stereocenters. The van der Waals surface area contributed by atoms with Crippen molar-refractivity contribution in [3.63, 3.8) is 0 Å². The molecule has 1 amide bonds. The smallest absolute Gasteiger partial charge is 0.255 e. The number of halogens is 3. The number of hydrogen-bond donors (Lipinski definition) is 1. The molecule has 2 aromatic carbocycles. The van der Waals surface area contributed by atoms with Crippen LogP contribution in [-0.2, 0) is 13.1 Å². The van der Waals surface area contributed by atoms with Crippen LogP contribution in [0.1, 0.15) is 44.3 Å². The highest BCUT2D eigenvalue weighted by atomic mass is 79.9. The maximum atomic E-state index is 13.1. The van der Waals surface area contributed by atoms with Crippen LogP contribution >= 0.6 is 39.1 Å². The van der Waals surface area contributed by atoms with Crippen molar-refractivity contribution in [3.05, 3.63) is 96.4 Å². The van der Waals surface area contributed by atoms with Crippen molar-refractivity contribution in [1.29, 1.82) is 0 Å². The van der Waals surface area contributed by atoms with Gasteiger partial charge in [0.15, 0.2) is 0 Å². The summed E-state index contributed by atoms with van der Waals surface area (Å²) in [5.74, 6) is -0.184. The quantitative estimate of drug-likeness (QED) is 0.284. The molecule has 0 spiro atoms. The van der Waals surface area contributed by atoms with Gasteiger partial charge in [-0.1, -0.05) is 41.4 Å². The molecule has 0 atom stereocenters. The molecule has 0 aliphatic rings. The highest BCUT2D eigenvalue weighted by Gasteiger charge is 2.17. The minimum atomic E-state index is -0.184. The summed E-state index contributed by atoms with van der Waals surface area (Å²) >= 11 is 15.7. The van der Waals surface area contributed by atoms with E-state index in [-0.39, 0.29) is 5.91 Å². The zero-order chi connectivity index (χ0) is 24.6. The van der Waals surface area contributed by atoms with Crippen molar-refractivity contribution < 1.29 is 4.79 Å². The number of carbonyl (C=O) groups is 1. The van der Waals surface area contributed by atoms with E-state index in [0.717, 1.165) is 38.4 Å². The molecule has 0 bridgehead atoms. The van der Waals surface area contributed by atoms with E-state index >= 15 is 0 Å². The lowest BCUT2D eigenvalue weighted by Crippen LogP contribution is -2.14. The molecule has 0 saturated heterocycles. The first-order valence-corrected chi connectivity index (χ1v) is 12.3. The molecular formula is C25H24BrCl2N5O. The molecule has 2 heterocycles. The molecule has 34 heavy (non-hydrogen) atoms. The molecule has 0 aliphatic heterocycles. The Morgan fingerprint density at radius 3 is 2.18 bits per heavy atom. The lowest BCUT2D eigenvalue weighted by molar-refractivity contribution is 0.102. The van der Waals surface area contributed by atoms with Crippen LogP contribution in [0.5, 0.6) is 0 Å². The standard InChI is InChI=1S/C25H24BrCl2N5O/c1-14-23(26)16(3)32(30-14)12-18-6-5-7-20(10-18)25(34)29-24-15(2)31-33(17(24)4)13-19-8-9-21(27)22(28)11-19/h5-11H,12-13H2,1-4H3,(H,29,34). The number of rotatable bonds is 6. The van der Waals surface area contributed by atoms with E-state index < -0.39 is 0 Å². The number of nitrogens with zero attached hydrogens (tertiary/aromatic N) is 4. The second kappa shape index (κ2) is 9.94. The summed E-state index contributed by atoms with van der Waals surface area (Å²) in [5.41, 5.74) is 6.85. The number of benzene rings is 2. The van der Waals surface area contributed by atoms with Crippen molar-refractivity contribution in [3.8, 4) is 0 Å². The maximum absolute atomic E-state index is 13.1. The Kier molecular flexibility index (Phi) is 7.17. The van der Waals surface area contributed by atoms with Crippen LogP contribution in [-0.4, -0.2) is 25.5 Å². The second-order valence-corrected chi connectivity index (χ2v) is 9.86. The molecule has 1 N–H and O–H groups in total. The maximum Gasteiger partial charge on any atom is 0.255 e. The van der Waals surface area contributed by atoms with E-state index in [1.807, 2.05) is 67.4 Å². The molecule has 9 heteroatoms. The molecule has 0 aliphatic carbocycles. The van der Waals surface area contributed by atoms with Gasteiger partial charge in [-0.25, -0.2) is 0 Å². The van der Waals surface area contributed by atoms with Crippen LogP contribution in [0.15, 0.2) is 46.9 Å². The minimum absolute atomic E-state index is 0.184. The number of amides is 1. The van der Waals surface area contributed by atoms with Gasteiger partial charge in [0.25, 0.3) is 5.91 Å². The molecule has 6 nitrogen and oxygen atoms in total. The summed E-state index contributed by atoms with van der Waals surface area (Å²) in [6.07, 6.45) is 0. The molecule has 0 saturated carbocycles. The van der Waals surface area contributed by atoms with Crippen molar-refractivity contribution in [1.82, 2.24) is 19.6 Å². The van der Waals surface area contributed by atoms with E-state index in [1.54, 1.807) is 12.1 Å². The topological polar surface area (TPSA) is 64.7 Å². The van der Waals surface area contributed by atoms with Gasteiger partial charge in [-0.2, -0.15) is 10.2 Å². The van der Waals surface area contributed by atoms with Gasteiger partial charge >= 0.3 is 0 Å². The highest BCUT2D eigenvalue weighted by molar-refractivity contribution is 9.10. The van der Waals surface area contributed by atoms with Crippen molar-refractivity contribution in [2.24, 2.45) is 0 Å². The Morgan fingerprint density at radius 2 is 1.53 bits per heavy atom. The van der Waals surface area contributed by atoms with Gasteiger partial charge in [-0.3, -0.25) is 14.2 Å². The van der Waals surface area contributed by atoms with Gasteiger partial charge in [-0.05, 0) is 79.0 Å². The fourth-order valence-corrected chi connectivity index (χ4v) is 4.45. The molecular weight excluding hydrogens is 537 g/mol. The van der Waals surface area contributed by atoms with Crippen LogP contribution in [0.4, 0.5) is 5.69 Å². The predicted octanol–water partition coefficient (Wildman–Crippen LogP) is 6.73. The Balaban J connectivity index is 1.52. The Hall–Kier alpha value is -2.61. The predicted molar refractivity (Wildman–Crippen MR) is 140 cm³/mol. The van der Waals surface area contributed by atoms with Gasteiger partial charge in [0.2, 0.25) is 0 Å². The molecule has 4 rings (SSSR count). The molecule has 0 fully saturated rings. The van der Waals surface area contributed by atoms with Gasteiger partial charge < -0.3 is 5.32 Å². The normalized spacial score (nSPS) is 11.1. The number of hydrogen-bond acceptors (Lipinski definition) is 3. The number of carbonyl (C=O) groups excluding carboxylic acids is 1. The van der Waals surface area contributed by atoms with Crippen LogP contribution in [0, 0.1) is 27.7 Å². The van der Waals surface area contributed by atoms with E-state index in [2.05, 4.69) is 31.4 Å². The SMILES string of the molecule is Cc1nn(Cc2cccc(C(=O)Nc3c(C)nn(Cc4ccc(Cl)c(Cl)c4)c3C)c2)c(C)c1Br. The van der Waals surface area contributed by atoms with Gasteiger partial charge in [-0.15, -0.1) is 0 Å². The third kappa shape index (κ3) is 5.06. The summed E-state index contributed by atoms with van der Waals surface area (Å²) in [7, 11) is 0. The fraction of sp³-hybridized carbons (Fsp3) is 0.240. The Bertz CT molecular complexity index is 1390. The molecule has 4 aromatic rings. The van der Waals surface area contributed by atoms with E-state index in [0.29, 0.717) is 34.4 Å². The van der Waals surface area contributed by atoms with Crippen molar-refractivity contribution in [2.75, 3.05) is 5.32 Å². The molecule has 2 aromatic heterocycles. The first-order chi connectivity index (χ1) is 16.1. The third-order valence-electron chi connectivity index (χ3n) is 5.75. The van der Waals surface area contributed by atoms with Crippen molar-refractivity contribution >= 4 is 50.7 Å². The summed E-state index contributed by atoms with van der Waals surface area (Å²) in [5, 5.41) is 13.2. The van der Waals surface area contributed by atoms with Crippen LogP contribution in [0.3, 0.4) is 0 Å². The molecule has 0 radical (unpaired) electrons. The van der Waals surface area contributed by atoms with Crippen LogP contribution < -0.4 is 5.32 Å². The molecule has 176 valence electrons. The number of aromatic nitrogens is 4. The zero-order valence-electron chi connectivity index (χ0n) is 19.3. The van der Waals surface area contributed by atoms with Crippen molar-refractivity contribution in [2.45, 2.75) is 40.8 Å². The van der Waals surface area contributed by atoms with Gasteiger partial charge in [0.1, 0.15) is 0 Å². The fourth-order valence-electron chi connectivity index (χ4n) is 3.84. The first kappa shape index (κ1) is 24.5. The number of anilines is 1. The van der Waals surface area contributed by atoms with Gasteiger partial charge in [0, 0.05) is 5.56 Å². The summed E-state index contributed by atoms with van der Waals surface area (Å²) in [4.78, 5) is 13.1. The lowest BCUT2D eigenvalue weighted by atomic mass is 10.1. The van der Waals surface area contributed by atoms with E-state index in [4.69, 9.17) is 23.2 Å². The van der Waals surface area contributed by atoms with Crippen LogP contribution in [0.2, 0.25) is 10.0 Å². The number of nitrogens with one attached hydrogen (secondary N) is 1. The summed E-state index contributed by atoms with van der Waals surface area (Å²) in [6.45, 7) is 8.90. The Morgan fingerprint density at radius 1 is 0.882 bits per heavy atom. The highest BCUT2D eigenvalue weighted by Crippen LogP contribution is 2.26. The van der Waals surface area contributed by atoms with Crippen LogP contribution in [0.25, 0.3) is 0 Å². The average Bonchev–Trinajstić information content (AvgIpc) is 3.20. The summed E-state index contributed by atoms with van der Waals surface area (Å²) in [6, 6.07) is 13.1. The average molecular weight is 561 g/mol. The largest absolute Gasteiger partial charge is 0.319 e. The Labute approximate surface area is 217 Å². The monoisotopic (exact) mass is 559 g/mol.